The van der Waals surface area contributed by atoms with Crippen molar-refractivity contribution in [3.05, 3.63) is 11.7 Å². The molecule has 0 radical (unpaired) electrons. The monoisotopic (exact) mass is 296 g/mol. The smallest absolute Gasteiger partial charge is 0.240 e. The van der Waals surface area contributed by atoms with Crippen molar-refractivity contribution in [2.24, 2.45) is 5.92 Å². The highest BCUT2D eigenvalue weighted by Crippen LogP contribution is 2.07. The van der Waals surface area contributed by atoms with Gasteiger partial charge in [0.25, 0.3) is 0 Å². The average molecular weight is 296 g/mol. The fourth-order valence-electron chi connectivity index (χ4n) is 2.32. The lowest BCUT2D eigenvalue weighted by Crippen LogP contribution is -2.40. The summed E-state index contributed by atoms with van der Waals surface area (Å²) in [5, 5.41) is 4.05. The Balaban J connectivity index is 1.68. The lowest BCUT2D eigenvalue weighted by Gasteiger charge is -2.28. The summed E-state index contributed by atoms with van der Waals surface area (Å²) in [6, 6.07) is 0. The topological polar surface area (TPSA) is 54.6 Å². The molecule has 1 aromatic rings. The molecule has 0 unspecified atom stereocenters. The molecule has 1 saturated heterocycles. The number of ether oxygens (including phenoxy) is 1. The molecule has 6 heteroatoms. The zero-order chi connectivity index (χ0) is 15.1. The van der Waals surface area contributed by atoms with Gasteiger partial charge < -0.3 is 9.26 Å². The molecule has 2 heterocycles. The molecule has 0 saturated carbocycles. The van der Waals surface area contributed by atoms with Crippen LogP contribution in [0.15, 0.2) is 4.52 Å². The zero-order valence-electron chi connectivity index (χ0n) is 13.5. The molecule has 21 heavy (non-hydrogen) atoms. The van der Waals surface area contributed by atoms with Crippen LogP contribution in [-0.2, 0) is 17.7 Å². The van der Waals surface area contributed by atoms with Crippen molar-refractivity contribution in [3.63, 3.8) is 0 Å². The molecule has 1 aromatic heterocycles. The third-order valence-corrected chi connectivity index (χ3v) is 3.76. The number of nitrogens with zero attached hydrogens (tertiary/aromatic N) is 4. The molecule has 0 amide bonds. The molecule has 0 atom stereocenters. The number of morpholine rings is 1. The van der Waals surface area contributed by atoms with Crippen molar-refractivity contribution in [2.45, 2.75) is 33.2 Å². The number of hydrogen-bond donors (Lipinski definition) is 0. The normalized spacial score (nSPS) is 17.0. The Hall–Kier alpha value is -0.980. The largest absolute Gasteiger partial charge is 0.379 e. The van der Waals surface area contributed by atoms with E-state index in [-0.39, 0.29) is 0 Å². The first kappa shape index (κ1) is 16.4. The highest BCUT2D eigenvalue weighted by molar-refractivity contribution is 4.86. The molecule has 0 N–H and O–H groups in total. The van der Waals surface area contributed by atoms with Gasteiger partial charge in [-0.1, -0.05) is 19.0 Å². The van der Waals surface area contributed by atoms with E-state index >= 15 is 0 Å². The number of aryl methyl sites for hydroxylation is 1. The summed E-state index contributed by atoms with van der Waals surface area (Å²) in [5.41, 5.74) is 0. The van der Waals surface area contributed by atoms with E-state index in [2.05, 4.69) is 40.8 Å². The van der Waals surface area contributed by atoms with Crippen LogP contribution in [-0.4, -0.2) is 66.4 Å². The van der Waals surface area contributed by atoms with Crippen LogP contribution in [0.2, 0.25) is 0 Å². The second-order valence-electron chi connectivity index (χ2n) is 6.23. The second-order valence-corrected chi connectivity index (χ2v) is 6.23. The maximum Gasteiger partial charge on any atom is 0.240 e. The Morgan fingerprint density at radius 1 is 1.29 bits per heavy atom. The molecule has 1 aliphatic rings. The van der Waals surface area contributed by atoms with Crippen molar-refractivity contribution in [3.8, 4) is 0 Å². The van der Waals surface area contributed by atoms with Crippen LogP contribution in [0.25, 0.3) is 0 Å². The Morgan fingerprint density at radius 3 is 2.76 bits per heavy atom. The van der Waals surface area contributed by atoms with Gasteiger partial charge in [0, 0.05) is 32.6 Å². The Kier molecular flexibility index (Phi) is 6.60. The van der Waals surface area contributed by atoms with Crippen LogP contribution in [0.4, 0.5) is 0 Å². The summed E-state index contributed by atoms with van der Waals surface area (Å²) >= 11 is 0. The SMILES string of the molecule is CC(C)CCc1noc(CN(C)CCN2CCOCC2)n1. The van der Waals surface area contributed by atoms with Crippen LogP contribution in [0.3, 0.4) is 0 Å². The fraction of sp³-hybridized carbons (Fsp3) is 0.867. The molecule has 1 aliphatic heterocycles. The molecule has 120 valence electrons. The van der Waals surface area contributed by atoms with Gasteiger partial charge in [-0.3, -0.25) is 9.80 Å². The lowest BCUT2D eigenvalue weighted by molar-refractivity contribution is 0.0338. The van der Waals surface area contributed by atoms with E-state index in [0.717, 1.165) is 70.5 Å². The summed E-state index contributed by atoms with van der Waals surface area (Å²) in [6.07, 6.45) is 2.00. The van der Waals surface area contributed by atoms with Crippen LogP contribution in [0, 0.1) is 5.92 Å². The molecule has 0 bridgehead atoms. The van der Waals surface area contributed by atoms with Crippen LogP contribution < -0.4 is 0 Å². The third kappa shape index (κ3) is 6.11. The van der Waals surface area contributed by atoms with Gasteiger partial charge in [-0.15, -0.1) is 0 Å². The molecule has 6 nitrogen and oxygen atoms in total. The fourth-order valence-corrected chi connectivity index (χ4v) is 2.32. The van der Waals surface area contributed by atoms with Crippen LogP contribution in [0.5, 0.6) is 0 Å². The van der Waals surface area contributed by atoms with E-state index < -0.39 is 0 Å². The molecular formula is C15H28N4O2. The van der Waals surface area contributed by atoms with Crippen molar-refractivity contribution >= 4 is 0 Å². The minimum absolute atomic E-state index is 0.670. The summed E-state index contributed by atoms with van der Waals surface area (Å²) in [5.74, 6) is 2.22. The van der Waals surface area contributed by atoms with Crippen molar-refractivity contribution in [1.82, 2.24) is 19.9 Å². The Morgan fingerprint density at radius 2 is 2.05 bits per heavy atom. The molecule has 0 spiro atoms. The predicted octanol–water partition coefficient (Wildman–Crippen LogP) is 1.42. The maximum atomic E-state index is 5.36. The minimum atomic E-state index is 0.670. The highest BCUT2D eigenvalue weighted by atomic mass is 16.5. The maximum absolute atomic E-state index is 5.36. The van der Waals surface area contributed by atoms with Crippen LogP contribution in [0.1, 0.15) is 32.0 Å². The number of aromatic nitrogens is 2. The van der Waals surface area contributed by atoms with Crippen LogP contribution >= 0.6 is 0 Å². The van der Waals surface area contributed by atoms with Crippen molar-refractivity contribution in [1.29, 1.82) is 0 Å². The Bertz CT molecular complexity index is 402. The van der Waals surface area contributed by atoms with E-state index in [9.17, 15) is 0 Å². The molecule has 1 fully saturated rings. The average Bonchev–Trinajstić information content (AvgIpc) is 2.91. The quantitative estimate of drug-likeness (QED) is 0.723. The number of hydrogen-bond acceptors (Lipinski definition) is 6. The number of likely N-dealkylation sites (N-methyl/N-ethyl adjacent to an activating group) is 1. The van der Waals surface area contributed by atoms with Gasteiger partial charge in [0.05, 0.1) is 19.8 Å². The lowest BCUT2D eigenvalue weighted by atomic mass is 10.1. The standard InChI is InChI=1S/C15H28N4O2/c1-13(2)4-5-14-16-15(21-17-14)12-18(3)6-7-19-8-10-20-11-9-19/h13H,4-12H2,1-3H3. The second kappa shape index (κ2) is 8.46. The van der Waals surface area contributed by atoms with E-state index in [1.165, 1.54) is 0 Å². The van der Waals surface area contributed by atoms with Crippen molar-refractivity contribution in [2.75, 3.05) is 46.4 Å². The predicted molar refractivity (Wildman–Crippen MR) is 81.1 cm³/mol. The van der Waals surface area contributed by atoms with E-state index in [4.69, 9.17) is 9.26 Å². The minimum Gasteiger partial charge on any atom is -0.379 e. The zero-order valence-corrected chi connectivity index (χ0v) is 13.5. The molecule has 0 aromatic carbocycles. The van der Waals surface area contributed by atoms with Gasteiger partial charge in [-0.05, 0) is 19.4 Å². The molecule has 2 rings (SSSR count). The summed E-state index contributed by atoms with van der Waals surface area (Å²) in [4.78, 5) is 9.13. The van der Waals surface area contributed by atoms with Gasteiger partial charge in [0.2, 0.25) is 5.89 Å². The van der Waals surface area contributed by atoms with Gasteiger partial charge in [0.1, 0.15) is 0 Å². The first-order chi connectivity index (χ1) is 10.1. The van der Waals surface area contributed by atoms with E-state index in [1.807, 2.05) is 0 Å². The molecule has 0 aliphatic carbocycles. The Labute approximate surface area is 127 Å². The number of rotatable bonds is 8. The summed E-state index contributed by atoms with van der Waals surface area (Å²) in [7, 11) is 2.10. The van der Waals surface area contributed by atoms with Crippen molar-refractivity contribution < 1.29 is 9.26 Å². The van der Waals surface area contributed by atoms with E-state index in [0.29, 0.717) is 5.92 Å². The van der Waals surface area contributed by atoms with E-state index in [1.54, 1.807) is 0 Å². The first-order valence-electron chi connectivity index (χ1n) is 7.93. The van der Waals surface area contributed by atoms with Gasteiger partial charge >= 0.3 is 0 Å². The van der Waals surface area contributed by atoms with Gasteiger partial charge in [-0.2, -0.15) is 4.98 Å². The van der Waals surface area contributed by atoms with Gasteiger partial charge in [0.15, 0.2) is 5.82 Å². The third-order valence-electron chi connectivity index (χ3n) is 3.76. The highest BCUT2D eigenvalue weighted by Gasteiger charge is 2.13. The summed E-state index contributed by atoms with van der Waals surface area (Å²) in [6.45, 7) is 11.0. The first-order valence-corrected chi connectivity index (χ1v) is 7.93. The molecular weight excluding hydrogens is 268 g/mol. The van der Waals surface area contributed by atoms with Gasteiger partial charge in [-0.25, -0.2) is 0 Å². The summed E-state index contributed by atoms with van der Waals surface area (Å²) < 4.78 is 10.7.